The lowest BCUT2D eigenvalue weighted by atomic mass is 9.93. The summed E-state index contributed by atoms with van der Waals surface area (Å²) in [7, 11) is 1.53. The van der Waals surface area contributed by atoms with Crippen molar-refractivity contribution in [3.05, 3.63) is 35.9 Å². The zero-order valence-corrected chi connectivity index (χ0v) is 16.0. The molecule has 25 heavy (non-hydrogen) atoms. The van der Waals surface area contributed by atoms with Crippen molar-refractivity contribution in [3.63, 3.8) is 0 Å². The van der Waals surface area contributed by atoms with E-state index in [4.69, 9.17) is 18.9 Å². The largest absolute Gasteiger partial charge is 0.464 e. The molecule has 2 atom stereocenters. The summed E-state index contributed by atoms with van der Waals surface area (Å²) < 4.78 is 22.1. The van der Waals surface area contributed by atoms with Crippen molar-refractivity contribution >= 4 is 5.97 Å². The fourth-order valence-corrected chi connectivity index (χ4v) is 2.61. The molecule has 0 bridgehead atoms. The molecular weight excluding hydrogens is 320 g/mol. The van der Waals surface area contributed by atoms with E-state index in [1.165, 1.54) is 7.11 Å². The number of hydrogen-bond acceptors (Lipinski definition) is 5. The number of unbranched alkanes of at least 4 members (excludes halogenated alkanes) is 2. The Hall–Kier alpha value is -1.43. The van der Waals surface area contributed by atoms with Crippen molar-refractivity contribution in [2.24, 2.45) is 0 Å². The second-order valence-corrected chi connectivity index (χ2v) is 6.16. The maximum absolute atomic E-state index is 12.6. The third-order valence-electron chi connectivity index (χ3n) is 4.14. The van der Waals surface area contributed by atoms with Crippen LogP contribution in [0.5, 0.6) is 0 Å². The Morgan fingerprint density at radius 1 is 1.16 bits per heavy atom. The zero-order valence-electron chi connectivity index (χ0n) is 16.0. The Bertz CT molecular complexity index is 476. The molecule has 0 heterocycles. The third kappa shape index (κ3) is 7.14. The molecule has 142 valence electrons. The van der Waals surface area contributed by atoms with Gasteiger partial charge in [-0.15, -0.1) is 0 Å². The lowest BCUT2D eigenvalue weighted by Crippen LogP contribution is -2.51. The van der Waals surface area contributed by atoms with E-state index in [0.29, 0.717) is 13.2 Å². The van der Waals surface area contributed by atoms with E-state index in [1.54, 1.807) is 13.8 Å². The molecule has 1 aromatic rings. The fourth-order valence-electron chi connectivity index (χ4n) is 2.61. The number of ether oxygens (including phenoxy) is 4. The van der Waals surface area contributed by atoms with Gasteiger partial charge in [0.1, 0.15) is 6.79 Å². The quantitative estimate of drug-likeness (QED) is 0.304. The third-order valence-corrected chi connectivity index (χ3v) is 4.14. The number of esters is 1. The Morgan fingerprint density at radius 2 is 1.88 bits per heavy atom. The molecule has 0 radical (unpaired) electrons. The summed E-state index contributed by atoms with van der Waals surface area (Å²) >= 11 is 0. The number of hydrogen-bond donors (Lipinski definition) is 0. The first kappa shape index (κ1) is 21.6. The Labute approximate surface area is 151 Å². The number of carbonyl (C=O) groups is 1. The van der Waals surface area contributed by atoms with Gasteiger partial charge in [0.25, 0.3) is 0 Å². The Balaban J connectivity index is 2.90. The van der Waals surface area contributed by atoms with Crippen LogP contribution < -0.4 is 0 Å². The highest BCUT2D eigenvalue weighted by atomic mass is 16.7. The van der Waals surface area contributed by atoms with Crippen LogP contribution in [0.2, 0.25) is 0 Å². The molecule has 5 nitrogen and oxygen atoms in total. The van der Waals surface area contributed by atoms with Crippen LogP contribution in [0.3, 0.4) is 0 Å². The predicted octanol–water partition coefficient (Wildman–Crippen LogP) is 4.09. The van der Waals surface area contributed by atoms with E-state index in [1.807, 2.05) is 30.3 Å². The molecule has 0 unspecified atom stereocenters. The van der Waals surface area contributed by atoms with Crippen molar-refractivity contribution in [1.29, 1.82) is 0 Å². The van der Waals surface area contributed by atoms with Gasteiger partial charge in [-0.05, 0) is 25.8 Å². The first-order valence-corrected chi connectivity index (χ1v) is 9.04. The minimum Gasteiger partial charge on any atom is -0.464 e. The van der Waals surface area contributed by atoms with Crippen LogP contribution in [0.1, 0.15) is 52.0 Å². The molecule has 0 aliphatic heterocycles. The molecule has 0 N–H and O–H groups in total. The maximum Gasteiger partial charge on any atom is 0.340 e. The normalized spacial score (nSPS) is 14.7. The molecule has 1 rings (SSSR count). The second kappa shape index (κ2) is 12.0. The average molecular weight is 352 g/mol. The number of rotatable bonds is 13. The van der Waals surface area contributed by atoms with Gasteiger partial charge < -0.3 is 18.9 Å². The van der Waals surface area contributed by atoms with Crippen LogP contribution in [0.25, 0.3) is 0 Å². The molecule has 0 aromatic heterocycles. The molecule has 0 amide bonds. The van der Waals surface area contributed by atoms with Crippen LogP contribution in [0.15, 0.2) is 30.3 Å². The summed E-state index contributed by atoms with van der Waals surface area (Å²) in [6, 6.07) is 9.90. The second-order valence-electron chi connectivity index (χ2n) is 6.16. The highest BCUT2D eigenvalue weighted by Gasteiger charge is 2.44. The van der Waals surface area contributed by atoms with Crippen molar-refractivity contribution in [1.82, 2.24) is 0 Å². The molecule has 0 saturated heterocycles. The summed E-state index contributed by atoms with van der Waals surface area (Å²) in [5.74, 6) is -0.415. The molecule has 0 spiro atoms. The van der Waals surface area contributed by atoms with Crippen LogP contribution in [-0.4, -0.2) is 38.2 Å². The van der Waals surface area contributed by atoms with E-state index in [2.05, 4.69) is 6.92 Å². The van der Waals surface area contributed by atoms with Crippen LogP contribution in [0.4, 0.5) is 0 Å². The summed E-state index contributed by atoms with van der Waals surface area (Å²) in [4.78, 5) is 12.6. The van der Waals surface area contributed by atoms with Gasteiger partial charge in [0, 0.05) is 7.11 Å². The topological polar surface area (TPSA) is 54.0 Å². The summed E-state index contributed by atoms with van der Waals surface area (Å²) in [5, 5.41) is 0. The van der Waals surface area contributed by atoms with E-state index >= 15 is 0 Å². The Kier molecular flexibility index (Phi) is 10.4. The smallest absolute Gasteiger partial charge is 0.340 e. The van der Waals surface area contributed by atoms with Crippen LogP contribution >= 0.6 is 0 Å². The van der Waals surface area contributed by atoms with E-state index in [9.17, 15) is 4.79 Å². The molecule has 5 heteroatoms. The standard InChI is InChI=1S/C20H32O5/c1-5-7-9-14-18(24-15-17-12-10-8-11-13-17)20(3,25-16-22-4)19(21)23-6-2/h8,10-13,18H,5-7,9,14-16H2,1-4H3/t18-,20+/m1/s1. The molecular formula is C20H32O5. The first-order chi connectivity index (χ1) is 12.1. The van der Waals surface area contributed by atoms with Gasteiger partial charge in [-0.3, -0.25) is 0 Å². The molecule has 0 saturated carbocycles. The summed E-state index contributed by atoms with van der Waals surface area (Å²) in [6.07, 6.45) is 3.45. The highest BCUT2D eigenvalue weighted by Crippen LogP contribution is 2.27. The van der Waals surface area contributed by atoms with Crippen LogP contribution in [0, 0.1) is 0 Å². The summed E-state index contributed by atoms with van der Waals surface area (Å²) in [5.41, 5.74) is -0.143. The number of benzene rings is 1. The van der Waals surface area contributed by atoms with Crippen LogP contribution in [-0.2, 0) is 30.3 Å². The van der Waals surface area contributed by atoms with E-state index in [0.717, 1.165) is 31.2 Å². The molecule has 0 fully saturated rings. The van der Waals surface area contributed by atoms with Gasteiger partial charge in [-0.2, -0.15) is 0 Å². The number of methoxy groups -OCH3 is 1. The van der Waals surface area contributed by atoms with Gasteiger partial charge in [0.2, 0.25) is 0 Å². The lowest BCUT2D eigenvalue weighted by Gasteiger charge is -2.35. The van der Waals surface area contributed by atoms with E-state index in [-0.39, 0.29) is 6.79 Å². The Morgan fingerprint density at radius 3 is 2.48 bits per heavy atom. The van der Waals surface area contributed by atoms with E-state index < -0.39 is 17.7 Å². The summed E-state index contributed by atoms with van der Waals surface area (Å²) in [6.45, 7) is 6.38. The van der Waals surface area contributed by atoms with Gasteiger partial charge in [0.05, 0.1) is 19.3 Å². The maximum atomic E-state index is 12.6. The zero-order chi connectivity index (χ0) is 18.5. The molecule has 0 aliphatic carbocycles. The van der Waals surface area contributed by atoms with Crippen molar-refractivity contribution in [2.45, 2.75) is 64.8 Å². The minimum absolute atomic E-state index is 0.00822. The first-order valence-electron chi connectivity index (χ1n) is 9.04. The predicted molar refractivity (Wildman–Crippen MR) is 97.2 cm³/mol. The molecule has 1 aromatic carbocycles. The van der Waals surface area contributed by atoms with Gasteiger partial charge in [-0.1, -0.05) is 56.5 Å². The minimum atomic E-state index is -1.20. The average Bonchev–Trinajstić information content (AvgIpc) is 2.63. The number of carbonyl (C=O) groups excluding carboxylic acids is 1. The van der Waals surface area contributed by atoms with Gasteiger partial charge in [-0.25, -0.2) is 4.79 Å². The van der Waals surface area contributed by atoms with Crippen molar-refractivity contribution in [2.75, 3.05) is 20.5 Å². The highest BCUT2D eigenvalue weighted by molar-refractivity contribution is 5.80. The monoisotopic (exact) mass is 352 g/mol. The van der Waals surface area contributed by atoms with Crippen molar-refractivity contribution < 1.29 is 23.7 Å². The van der Waals surface area contributed by atoms with Gasteiger partial charge >= 0.3 is 5.97 Å². The van der Waals surface area contributed by atoms with Crippen molar-refractivity contribution in [3.8, 4) is 0 Å². The lowest BCUT2D eigenvalue weighted by molar-refractivity contribution is -0.212. The van der Waals surface area contributed by atoms with Gasteiger partial charge in [0.15, 0.2) is 5.60 Å². The molecule has 0 aliphatic rings. The fraction of sp³-hybridized carbons (Fsp3) is 0.650. The SMILES string of the molecule is CCCCC[C@@H](OCc1ccccc1)[C@](C)(OCOC)C(=O)OCC.